The van der Waals surface area contributed by atoms with E-state index in [2.05, 4.69) is 15.3 Å². The van der Waals surface area contributed by atoms with Crippen LogP contribution in [0.1, 0.15) is 18.8 Å². The lowest BCUT2D eigenvalue weighted by atomic mass is 10.2. The Balaban J connectivity index is 1.46. The van der Waals surface area contributed by atoms with E-state index in [0.29, 0.717) is 17.3 Å². The molecule has 0 saturated carbocycles. The maximum absolute atomic E-state index is 12.4. The number of amides is 1. The van der Waals surface area contributed by atoms with Crippen molar-refractivity contribution < 1.29 is 14.3 Å². The minimum absolute atomic E-state index is 0.190. The lowest BCUT2D eigenvalue weighted by molar-refractivity contribution is -0.131. The molecule has 122 valence electrons. The highest BCUT2D eigenvalue weighted by molar-refractivity contribution is 5.82. The number of aromatic amines is 1. The van der Waals surface area contributed by atoms with Gasteiger partial charge < -0.3 is 19.8 Å². The highest BCUT2D eigenvalue weighted by atomic mass is 16.6. The molecule has 6 nitrogen and oxygen atoms in total. The van der Waals surface area contributed by atoms with Gasteiger partial charge in [0.15, 0.2) is 11.5 Å². The first-order valence-electron chi connectivity index (χ1n) is 7.84. The van der Waals surface area contributed by atoms with Gasteiger partial charge in [-0.2, -0.15) is 0 Å². The molecule has 1 aliphatic rings. The summed E-state index contributed by atoms with van der Waals surface area (Å²) in [6.07, 6.45) is -0.674. The van der Waals surface area contributed by atoms with Gasteiger partial charge in [-0.1, -0.05) is 24.3 Å². The fraction of sp³-hybridized carbons (Fsp3) is 0.222. The molecule has 2 heterocycles. The molecule has 0 saturated heterocycles. The number of nitrogens with zero attached hydrogens (tertiary/aromatic N) is 1. The average Bonchev–Trinajstić information content (AvgIpc) is 3.05. The number of H-pyrrole nitrogens is 1. The quantitative estimate of drug-likeness (QED) is 0.777. The van der Waals surface area contributed by atoms with Crippen molar-refractivity contribution >= 4 is 16.9 Å². The Kier molecular flexibility index (Phi) is 3.57. The van der Waals surface area contributed by atoms with Gasteiger partial charge in [0.05, 0.1) is 17.1 Å². The number of carbonyl (C=O) groups excluding carboxylic acids is 1. The van der Waals surface area contributed by atoms with Crippen molar-refractivity contribution in [3.63, 3.8) is 0 Å². The summed E-state index contributed by atoms with van der Waals surface area (Å²) in [6.45, 7) is 2.07. The van der Waals surface area contributed by atoms with E-state index in [1.807, 2.05) is 49.4 Å². The molecular formula is C18H17N3O3. The molecule has 0 bridgehead atoms. The molecule has 24 heavy (non-hydrogen) atoms. The second kappa shape index (κ2) is 5.88. The van der Waals surface area contributed by atoms with E-state index in [1.165, 1.54) is 0 Å². The van der Waals surface area contributed by atoms with Crippen molar-refractivity contribution in [3.05, 3.63) is 54.4 Å². The van der Waals surface area contributed by atoms with Crippen LogP contribution in [0.2, 0.25) is 0 Å². The Hall–Kier alpha value is -3.02. The second-order valence-corrected chi connectivity index (χ2v) is 5.73. The van der Waals surface area contributed by atoms with E-state index < -0.39 is 6.10 Å². The summed E-state index contributed by atoms with van der Waals surface area (Å²) < 4.78 is 11.3. The third kappa shape index (κ3) is 2.67. The summed E-state index contributed by atoms with van der Waals surface area (Å²) in [7, 11) is 0. The second-order valence-electron chi connectivity index (χ2n) is 5.73. The minimum atomic E-state index is -0.674. The zero-order valence-electron chi connectivity index (χ0n) is 13.2. The number of rotatable bonds is 3. The van der Waals surface area contributed by atoms with Crippen LogP contribution < -0.4 is 14.8 Å². The van der Waals surface area contributed by atoms with Crippen LogP contribution in [0.15, 0.2) is 48.5 Å². The van der Waals surface area contributed by atoms with Crippen molar-refractivity contribution in [3.8, 4) is 11.5 Å². The Bertz CT molecular complexity index is 857. The molecule has 2 atom stereocenters. The molecule has 0 fully saturated rings. The summed E-state index contributed by atoms with van der Waals surface area (Å²) in [5.41, 5.74) is 1.82. The Morgan fingerprint density at radius 3 is 2.79 bits per heavy atom. The third-order valence-corrected chi connectivity index (χ3v) is 3.98. The maximum atomic E-state index is 12.4. The number of imidazole rings is 1. The number of nitrogens with one attached hydrogen (secondary N) is 2. The van der Waals surface area contributed by atoms with Crippen molar-refractivity contribution in [2.75, 3.05) is 6.61 Å². The fourth-order valence-corrected chi connectivity index (χ4v) is 2.70. The minimum Gasteiger partial charge on any atom is -0.485 e. The summed E-state index contributed by atoms with van der Waals surface area (Å²) in [4.78, 5) is 20.2. The number of hydrogen-bond donors (Lipinski definition) is 2. The number of carbonyl (C=O) groups is 1. The van der Waals surface area contributed by atoms with E-state index in [9.17, 15) is 4.79 Å². The standard InChI is InChI=1S/C18H17N3O3/c1-11(17-20-12-6-2-3-7-13(12)21-17)19-18(22)16-10-23-14-8-4-5-9-15(14)24-16/h2-9,11,16H,10H2,1H3,(H,19,22)(H,20,21). The zero-order valence-corrected chi connectivity index (χ0v) is 13.2. The van der Waals surface area contributed by atoms with E-state index in [0.717, 1.165) is 11.0 Å². The lowest BCUT2D eigenvalue weighted by Gasteiger charge is -2.26. The number of aromatic nitrogens is 2. The van der Waals surface area contributed by atoms with E-state index >= 15 is 0 Å². The highest BCUT2D eigenvalue weighted by Crippen LogP contribution is 2.31. The van der Waals surface area contributed by atoms with Crippen molar-refractivity contribution in [1.29, 1.82) is 0 Å². The van der Waals surface area contributed by atoms with Crippen LogP contribution in [-0.4, -0.2) is 28.6 Å². The molecule has 0 spiro atoms. The number of fused-ring (bicyclic) bond motifs is 2. The molecule has 2 aromatic carbocycles. The maximum Gasteiger partial charge on any atom is 0.265 e. The van der Waals surface area contributed by atoms with Crippen LogP contribution in [0.25, 0.3) is 11.0 Å². The highest BCUT2D eigenvalue weighted by Gasteiger charge is 2.28. The van der Waals surface area contributed by atoms with Gasteiger partial charge in [0.25, 0.3) is 5.91 Å². The zero-order chi connectivity index (χ0) is 16.5. The van der Waals surface area contributed by atoms with Gasteiger partial charge in [-0.3, -0.25) is 4.79 Å². The Labute approximate surface area is 138 Å². The van der Waals surface area contributed by atoms with Crippen molar-refractivity contribution in [2.45, 2.75) is 19.1 Å². The molecule has 3 aromatic rings. The van der Waals surface area contributed by atoms with Crippen LogP contribution >= 0.6 is 0 Å². The number of hydrogen-bond acceptors (Lipinski definition) is 4. The van der Waals surface area contributed by atoms with Crippen LogP contribution in [0.5, 0.6) is 11.5 Å². The smallest absolute Gasteiger partial charge is 0.265 e. The molecule has 1 aliphatic heterocycles. The number of para-hydroxylation sites is 4. The van der Waals surface area contributed by atoms with Crippen LogP contribution in [0.4, 0.5) is 0 Å². The van der Waals surface area contributed by atoms with Crippen LogP contribution in [0.3, 0.4) is 0 Å². The summed E-state index contributed by atoms with van der Waals surface area (Å²) in [5, 5.41) is 2.92. The van der Waals surface area contributed by atoms with Gasteiger partial charge in [0.1, 0.15) is 12.4 Å². The van der Waals surface area contributed by atoms with Crippen LogP contribution in [-0.2, 0) is 4.79 Å². The fourth-order valence-electron chi connectivity index (χ4n) is 2.70. The molecule has 6 heteroatoms. The van der Waals surface area contributed by atoms with Gasteiger partial charge in [-0.15, -0.1) is 0 Å². The average molecular weight is 323 g/mol. The van der Waals surface area contributed by atoms with Crippen LogP contribution in [0, 0.1) is 0 Å². The molecule has 4 rings (SSSR count). The molecular weight excluding hydrogens is 306 g/mol. The topological polar surface area (TPSA) is 76.2 Å². The SMILES string of the molecule is CC(NC(=O)C1COc2ccccc2O1)c1nc2ccccc2[nH]1. The summed E-state index contributed by atoms with van der Waals surface area (Å²) in [6, 6.07) is 14.8. The molecule has 0 aliphatic carbocycles. The van der Waals surface area contributed by atoms with E-state index in [4.69, 9.17) is 9.47 Å². The molecule has 2 unspecified atom stereocenters. The molecule has 1 amide bonds. The summed E-state index contributed by atoms with van der Waals surface area (Å²) in [5.74, 6) is 1.73. The van der Waals surface area contributed by atoms with Crippen molar-refractivity contribution in [1.82, 2.24) is 15.3 Å². The normalized spacial score (nSPS) is 17.5. The lowest BCUT2D eigenvalue weighted by Crippen LogP contribution is -2.44. The first kappa shape index (κ1) is 14.6. The van der Waals surface area contributed by atoms with Gasteiger partial charge in [-0.05, 0) is 31.2 Å². The first-order chi connectivity index (χ1) is 11.7. The Morgan fingerprint density at radius 2 is 1.96 bits per heavy atom. The predicted octanol–water partition coefficient (Wildman–Crippen LogP) is 2.58. The van der Waals surface area contributed by atoms with E-state index in [1.54, 1.807) is 6.07 Å². The van der Waals surface area contributed by atoms with E-state index in [-0.39, 0.29) is 18.6 Å². The molecule has 2 N–H and O–H groups in total. The first-order valence-corrected chi connectivity index (χ1v) is 7.84. The monoisotopic (exact) mass is 323 g/mol. The summed E-state index contributed by atoms with van der Waals surface area (Å²) >= 11 is 0. The van der Waals surface area contributed by atoms with Crippen molar-refractivity contribution in [2.24, 2.45) is 0 Å². The van der Waals surface area contributed by atoms with Gasteiger partial charge >= 0.3 is 0 Å². The van der Waals surface area contributed by atoms with Gasteiger partial charge in [0, 0.05) is 0 Å². The third-order valence-electron chi connectivity index (χ3n) is 3.98. The number of benzene rings is 2. The largest absolute Gasteiger partial charge is 0.485 e. The number of ether oxygens (including phenoxy) is 2. The molecule has 0 radical (unpaired) electrons. The van der Waals surface area contributed by atoms with Gasteiger partial charge in [0.2, 0.25) is 6.10 Å². The predicted molar refractivity (Wildman–Crippen MR) is 89.0 cm³/mol. The van der Waals surface area contributed by atoms with Gasteiger partial charge in [-0.25, -0.2) is 4.98 Å². The molecule has 1 aromatic heterocycles. The Morgan fingerprint density at radius 1 is 1.21 bits per heavy atom.